The number of carbonyl (C=O) groups is 1. The minimum Gasteiger partial charge on any atom is -0.454 e. The first-order valence-electron chi connectivity index (χ1n) is 10.5. The molecule has 6 heteroatoms. The molecule has 0 saturated carbocycles. The van der Waals surface area contributed by atoms with E-state index in [0.717, 1.165) is 49.8 Å². The summed E-state index contributed by atoms with van der Waals surface area (Å²) < 4.78 is 10.8. The van der Waals surface area contributed by atoms with Crippen molar-refractivity contribution in [2.24, 2.45) is 0 Å². The van der Waals surface area contributed by atoms with E-state index in [1.807, 2.05) is 31.2 Å². The molecular formula is C24H29N3O3. The maximum absolute atomic E-state index is 12.5. The summed E-state index contributed by atoms with van der Waals surface area (Å²) in [6, 6.07) is 16.1. The van der Waals surface area contributed by atoms with Gasteiger partial charge in [0.2, 0.25) is 12.7 Å². The summed E-state index contributed by atoms with van der Waals surface area (Å²) >= 11 is 0. The van der Waals surface area contributed by atoms with Crippen LogP contribution in [0.3, 0.4) is 0 Å². The highest BCUT2D eigenvalue weighted by Gasteiger charge is 2.20. The Balaban J connectivity index is 1.18. The fourth-order valence-electron chi connectivity index (χ4n) is 3.79. The van der Waals surface area contributed by atoms with Crippen LogP contribution in [0.4, 0.5) is 0 Å². The fraction of sp³-hybridized carbons (Fsp3) is 0.375. The summed E-state index contributed by atoms with van der Waals surface area (Å²) in [7, 11) is 0. The zero-order valence-electron chi connectivity index (χ0n) is 17.4. The van der Waals surface area contributed by atoms with Gasteiger partial charge in [0, 0.05) is 32.7 Å². The molecule has 2 aromatic carbocycles. The minimum absolute atomic E-state index is 0.0533. The topological polar surface area (TPSA) is 54.0 Å². The van der Waals surface area contributed by atoms with Gasteiger partial charge in [0.1, 0.15) is 0 Å². The lowest BCUT2D eigenvalue weighted by Gasteiger charge is -2.33. The van der Waals surface area contributed by atoms with Crippen LogP contribution in [0, 0.1) is 0 Å². The molecule has 1 saturated heterocycles. The van der Waals surface area contributed by atoms with Crippen molar-refractivity contribution in [1.29, 1.82) is 0 Å². The predicted molar refractivity (Wildman–Crippen MR) is 117 cm³/mol. The summed E-state index contributed by atoms with van der Waals surface area (Å²) in [5.41, 5.74) is 2.24. The van der Waals surface area contributed by atoms with Crippen LogP contribution in [0.2, 0.25) is 0 Å². The maximum Gasteiger partial charge on any atom is 0.234 e. The number of amides is 1. The summed E-state index contributed by atoms with van der Waals surface area (Å²) in [6.07, 6.45) is 4.38. The number of rotatable bonds is 7. The molecule has 4 rings (SSSR count). The molecular weight excluding hydrogens is 378 g/mol. The Bertz CT molecular complexity index is 877. The highest BCUT2D eigenvalue weighted by Crippen LogP contribution is 2.34. The van der Waals surface area contributed by atoms with E-state index in [9.17, 15) is 4.79 Å². The second-order valence-corrected chi connectivity index (χ2v) is 7.79. The van der Waals surface area contributed by atoms with Gasteiger partial charge in [-0.1, -0.05) is 48.6 Å². The van der Waals surface area contributed by atoms with Crippen LogP contribution in [-0.2, 0) is 4.79 Å². The minimum atomic E-state index is -0.0728. The van der Waals surface area contributed by atoms with Crippen molar-refractivity contribution in [3.8, 4) is 11.5 Å². The average molecular weight is 408 g/mol. The molecule has 6 nitrogen and oxygen atoms in total. The number of ether oxygens (including phenoxy) is 2. The quantitative estimate of drug-likeness (QED) is 0.765. The number of piperazine rings is 1. The van der Waals surface area contributed by atoms with Crippen molar-refractivity contribution < 1.29 is 14.3 Å². The van der Waals surface area contributed by atoms with Gasteiger partial charge in [0.15, 0.2) is 11.5 Å². The van der Waals surface area contributed by atoms with E-state index in [2.05, 4.69) is 51.5 Å². The first-order valence-corrected chi connectivity index (χ1v) is 10.5. The van der Waals surface area contributed by atoms with Crippen LogP contribution < -0.4 is 14.8 Å². The van der Waals surface area contributed by atoms with Gasteiger partial charge in [0.05, 0.1) is 12.6 Å². The van der Waals surface area contributed by atoms with Gasteiger partial charge in [0.25, 0.3) is 0 Å². The largest absolute Gasteiger partial charge is 0.454 e. The van der Waals surface area contributed by atoms with Crippen molar-refractivity contribution in [3.05, 3.63) is 65.7 Å². The first-order chi connectivity index (χ1) is 14.7. The highest BCUT2D eigenvalue weighted by atomic mass is 16.7. The molecule has 0 aromatic heterocycles. The van der Waals surface area contributed by atoms with E-state index in [-0.39, 0.29) is 18.7 Å². The van der Waals surface area contributed by atoms with E-state index in [1.165, 1.54) is 5.56 Å². The van der Waals surface area contributed by atoms with E-state index < -0.39 is 0 Å². The van der Waals surface area contributed by atoms with E-state index >= 15 is 0 Å². The monoisotopic (exact) mass is 407 g/mol. The summed E-state index contributed by atoms with van der Waals surface area (Å²) in [5.74, 6) is 1.55. The SMILES string of the molecule is C[C@@H](NC(=O)CN1CCN(C/C=C/c2ccccc2)CC1)c1ccc2c(c1)OCO2. The third-order valence-corrected chi connectivity index (χ3v) is 5.58. The Hall–Kier alpha value is -2.83. The Kier molecular flexibility index (Phi) is 6.67. The predicted octanol–water partition coefficient (Wildman–Crippen LogP) is 2.92. The Morgan fingerprint density at radius 2 is 1.77 bits per heavy atom. The first kappa shape index (κ1) is 20.4. The third kappa shape index (κ3) is 5.40. The second kappa shape index (κ2) is 9.78. The van der Waals surface area contributed by atoms with Crippen LogP contribution in [0.1, 0.15) is 24.1 Å². The molecule has 0 aliphatic carbocycles. The van der Waals surface area contributed by atoms with Gasteiger partial charge in [-0.2, -0.15) is 0 Å². The molecule has 1 N–H and O–H groups in total. The van der Waals surface area contributed by atoms with Crippen LogP contribution in [0.25, 0.3) is 6.08 Å². The number of benzene rings is 2. The zero-order valence-corrected chi connectivity index (χ0v) is 17.4. The van der Waals surface area contributed by atoms with Gasteiger partial charge in [-0.3, -0.25) is 14.6 Å². The number of carbonyl (C=O) groups excluding carboxylic acids is 1. The van der Waals surface area contributed by atoms with E-state index in [0.29, 0.717) is 6.54 Å². The van der Waals surface area contributed by atoms with E-state index in [4.69, 9.17) is 9.47 Å². The number of nitrogens with zero attached hydrogens (tertiary/aromatic N) is 2. The number of nitrogens with one attached hydrogen (secondary N) is 1. The Labute approximate surface area is 178 Å². The summed E-state index contributed by atoms with van der Waals surface area (Å²) in [5, 5.41) is 3.10. The van der Waals surface area contributed by atoms with Crippen molar-refractivity contribution in [3.63, 3.8) is 0 Å². The van der Waals surface area contributed by atoms with Gasteiger partial charge in [-0.25, -0.2) is 0 Å². The lowest BCUT2D eigenvalue weighted by Crippen LogP contribution is -2.49. The van der Waals surface area contributed by atoms with Crippen molar-refractivity contribution in [1.82, 2.24) is 15.1 Å². The number of fused-ring (bicyclic) bond motifs is 1. The van der Waals surface area contributed by atoms with Crippen molar-refractivity contribution in [2.45, 2.75) is 13.0 Å². The molecule has 0 spiro atoms. The lowest BCUT2D eigenvalue weighted by atomic mass is 10.1. The summed E-state index contributed by atoms with van der Waals surface area (Å²) in [4.78, 5) is 17.1. The van der Waals surface area contributed by atoms with Crippen LogP contribution in [-0.4, -0.2) is 61.8 Å². The third-order valence-electron chi connectivity index (χ3n) is 5.58. The van der Waals surface area contributed by atoms with Crippen molar-refractivity contribution >= 4 is 12.0 Å². The van der Waals surface area contributed by atoms with Crippen LogP contribution >= 0.6 is 0 Å². The second-order valence-electron chi connectivity index (χ2n) is 7.79. The van der Waals surface area contributed by atoms with Crippen LogP contribution in [0.15, 0.2) is 54.6 Å². The van der Waals surface area contributed by atoms with Crippen LogP contribution in [0.5, 0.6) is 11.5 Å². The fourth-order valence-corrected chi connectivity index (χ4v) is 3.79. The van der Waals surface area contributed by atoms with Gasteiger partial charge >= 0.3 is 0 Å². The van der Waals surface area contributed by atoms with Gasteiger partial charge in [-0.15, -0.1) is 0 Å². The van der Waals surface area contributed by atoms with Crippen molar-refractivity contribution in [2.75, 3.05) is 46.1 Å². The van der Waals surface area contributed by atoms with E-state index in [1.54, 1.807) is 0 Å². The zero-order chi connectivity index (χ0) is 20.8. The molecule has 2 aliphatic heterocycles. The molecule has 158 valence electrons. The van der Waals surface area contributed by atoms with Gasteiger partial charge < -0.3 is 14.8 Å². The molecule has 1 amide bonds. The number of hydrogen-bond donors (Lipinski definition) is 1. The molecule has 1 atom stereocenters. The maximum atomic E-state index is 12.5. The highest BCUT2D eigenvalue weighted by molar-refractivity contribution is 5.78. The smallest absolute Gasteiger partial charge is 0.234 e. The molecule has 2 aliphatic rings. The molecule has 2 heterocycles. The average Bonchev–Trinajstić information content (AvgIpc) is 3.23. The number of hydrogen-bond acceptors (Lipinski definition) is 5. The Morgan fingerprint density at radius 3 is 2.57 bits per heavy atom. The summed E-state index contributed by atoms with van der Waals surface area (Å²) in [6.45, 7) is 7.39. The lowest BCUT2D eigenvalue weighted by molar-refractivity contribution is -0.123. The molecule has 30 heavy (non-hydrogen) atoms. The standard InChI is InChI=1S/C24H29N3O3/c1-19(21-9-10-22-23(16-21)30-18-29-22)25-24(28)17-27-14-12-26(13-15-27)11-5-8-20-6-3-2-4-7-20/h2-10,16,19H,11-15,17-18H2,1H3,(H,25,28)/b8-5+/t19-/m1/s1. The molecule has 0 radical (unpaired) electrons. The molecule has 0 unspecified atom stereocenters. The molecule has 2 aromatic rings. The van der Waals surface area contributed by atoms with Gasteiger partial charge in [-0.05, 0) is 30.2 Å². The Morgan fingerprint density at radius 1 is 1.03 bits per heavy atom. The normalized spacial score (nSPS) is 17.9. The molecule has 1 fully saturated rings. The molecule has 0 bridgehead atoms.